The third kappa shape index (κ3) is 2.92. The summed E-state index contributed by atoms with van der Waals surface area (Å²) in [6, 6.07) is 0. The first-order valence-electron chi connectivity index (χ1n) is 2.76. The molecule has 0 rings (SSSR count). The second-order valence-corrected chi connectivity index (χ2v) is 1.80. The van der Waals surface area contributed by atoms with Crippen LogP contribution >= 0.6 is 0 Å². The number of hydrogen-bond acceptors (Lipinski definition) is 1. The lowest BCUT2D eigenvalue weighted by Crippen LogP contribution is -3.53. The van der Waals surface area contributed by atoms with Gasteiger partial charge in [0.2, 0.25) is 0 Å². The minimum Gasteiger partial charge on any atom is -0.584 e. The van der Waals surface area contributed by atoms with E-state index in [0.717, 1.165) is 6.42 Å². The molecule has 0 radical (unpaired) electrons. The molecule has 0 bridgehead atoms. The van der Waals surface area contributed by atoms with Crippen LogP contribution in [0.4, 0.5) is 0 Å². The van der Waals surface area contributed by atoms with E-state index in [1.165, 1.54) is 7.05 Å². The maximum absolute atomic E-state index is 10.5. The van der Waals surface area contributed by atoms with E-state index in [1.54, 1.807) is 0 Å². The van der Waals surface area contributed by atoms with Crippen molar-refractivity contribution in [3.05, 3.63) is 11.0 Å². The van der Waals surface area contributed by atoms with Gasteiger partial charge < -0.3 is 11.0 Å². The Morgan fingerprint density at radius 1 is 1.62 bits per heavy atom. The van der Waals surface area contributed by atoms with Crippen LogP contribution < -0.4 is 10.3 Å². The summed E-state index contributed by atoms with van der Waals surface area (Å²) < 4.78 is 0. The summed E-state index contributed by atoms with van der Waals surface area (Å²) in [7, 11) is 1.53. The molecule has 8 heavy (non-hydrogen) atoms. The Labute approximate surface area is 49.4 Å². The molecule has 0 saturated carbocycles. The fourth-order valence-electron chi connectivity index (χ4n) is 0.415. The molecule has 0 aromatic heterocycles. The van der Waals surface area contributed by atoms with Crippen molar-refractivity contribution >= 4 is 0 Å². The van der Waals surface area contributed by atoms with Gasteiger partial charge in [-0.3, -0.25) is 5.12 Å². The van der Waals surface area contributed by atoms with Gasteiger partial charge in [-0.25, -0.2) is 5.17 Å². The summed E-state index contributed by atoms with van der Waals surface area (Å²) in [6.45, 7) is 2.45. The summed E-state index contributed by atoms with van der Waals surface area (Å²) in [5.74, 6) is 6.85. The van der Waals surface area contributed by atoms with E-state index in [2.05, 4.69) is 0 Å². The van der Waals surface area contributed by atoms with Crippen molar-refractivity contribution in [3.8, 4) is 0 Å². The molecule has 50 valence electrons. The molecule has 0 aromatic carbocycles. The predicted molar refractivity (Wildman–Crippen MR) is 30.7 cm³/mol. The molecule has 0 aliphatic carbocycles. The van der Waals surface area contributed by atoms with Gasteiger partial charge in [-0.1, -0.05) is 6.92 Å². The Kier molecular flexibility index (Phi) is 3.72. The quantitative estimate of drug-likeness (QED) is 0.422. The van der Waals surface area contributed by atoms with Crippen LogP contribution in [0.1, 0.15) is 13.3 Å². The molecule has 4 heteroatoms. The van der Waals surface area contributed by atoms with E-state index in [1.807, 2.05) is 6.92 Å². The highest BCUT2D eigenvalue weighted by atomic mass is 16.6. The van der Waals surface area contributed by atoms with Crippen LogP contribution in [0.2, 0.25) is 0 Å². The molecule has 0 saturated heterocycles. The molecule has 0 fully saturated rings. The SMILES string of the molecule is CCC[NH+]([O-])[NH+](C)[NH-]. The Balaban J connectivity index is 3.17. The highest BCUT2D eigenvalue weighted by molar-refractivity contribution is 4.15. The van der Waals surface area contributed by atoms with E-state index in [-0.39, 0.29) is 10.3 Å². The summed E-state index contributed by atoms with van der Waals surface area (Å²) in [5.41, 5.74) is 0. The van der Waals surface area contributed by atoms with E-state index in [4.69, 9.17) is 5.84 Å². The lowest BCUT2D eigenvalue weighted by atomic mass is 10.5. The molecule has 0 spiro atoms. The van der Waals surface area contributed by atoms with Gasteiger partial charge in [0, 0.05) is 0 Å². The number of nitrogens with one attached hydrogen (secondary N) is 3. The highest BCUT2D eigenvalue weighted by Crippen LogP contribution is 1.58. The predicted octanol–water partition coefficient (Wildman–Crippen LogP) is -1.82. The molecule has 2 atom stereocenters. The zero-order chi connectivity index (χ0) is 6.57. The maximum Gasteiger partial charge on any atom is 0.119 e. The average Bonchev–Trinajstić information content (AvgIpc) is 1.67. The molecule has 0 aliphatic heterocycles. The maximum atomic E-state index is 10.5. The Hall–Kier alpha value is -0.160. The topological polar surface area (TPSA) is 55.7 Å². The molecule has 0 amide bonds. The van der Waals surface area contributed by atoms with Crippen LogP contribution in [0.5, 0.6) is 0 Å². The van der Waals surface area contributed by atoms with Crippen molar-refractivity contribution in [1.29, 1.82) is 0 Å². The number of hydroxylamine groups is 1. The molecule has 0 aromatic rings. The summed E-state index contributed by atoms with van der Waals surface area (Å²) in [4.78, 5) is 0. The van der Waals surface area contributed by atoms with Crippen molar-refractivity contribution in [1.82, 2.24) is 0 Å². The van der Waals surface area contributed by atoms with Gasteiger partial charge in [0.1, 0.15) is 13.6 Å². The lowest BCUT2D eigenvalue weighted by molar-refractivity contribution is -1.45. The van der Waals surface area contributed by atoms with Crippen LogP contribution in [-0.4, -0.2) is 13.6 Å². The van der Waals surface area contributed by atoms with Crippen molar-refractivity contribution in [3.63, 3.8) is 0 Å². The van der Waals surface area contributed by atoms with Gasteiger partial charge in [0.15, 0.2) is 0 Å². The normalized spacial score (nSPS) is 18.0. The fourth-order valence-corrected chi connectivity index (χ4v) is 0.415. The van der Waals surface area contributed by atoms with Crippen molar-refractivity contribution < 1.29 is 10.3 Å². The Morgan fingerprint density at radius 3 is 2.25 bits per heavy atom. The van der Waals surface area contributed by atoms with Crippen molar-refractivity contribution in [2.75, 3.05) is 13.6 Å². The summed E-state index contributed by atoms with van der Waals surface area (Å²) in [5, 5.41) is 10.7. The summed E-state index contributed by atoms with van der Waals surface area (Å²) >= 11 is 0. The Morgan fingerprint density at radius 2 is 2.12 bits per heavy atom. The molecular weight excluding hydrogens is 106 g/mol. The first kappa shape index (κ1) is 7.84. The number of rotatable bonds is 3. The second-order valence-electron chi connectivity index (χ2n) is 1.80. The monoisotopic (exact) mass is 119 g/mol. The second kappa shape index (κ2) is 3.80. The van der Waals surface area contributed by atoms with Crippen molar-refractivity contribution in [2.45, 2.75) is 13.3 Å². The van der Waals surface area contributed by atoms with Crippen LogP contribution in [-0.2, 0) is 0 Å². The molecule has 0 aliphatic rings. The highest BCUT2D eigenvalue weighted by Gasteiger charge is 1.93. The zero-order valence-electron chi connectivity index (χ0n) is 5.32. The fraction of sp³-hybridized carbons (Fsp3) is 1.00. The molecule has 2 unspecified atom stereocenters. The average molecular weight is 119 g/mol. The third-order valence-corrected chi connectivity index (χ3v) is 0.895. The minimum atomic E-state index is -0.0347. The Bertz CT molecular complexity index is 57.2. The van der Waals surface area contributed by atoms with Crippen LogP contribution in [0.3, 0.4) is 0 Å². The molecular formula is C4H13N3O. The first-order valence-corrected chi connectivity index (χ1v) is 2.76. The minimum absolute atomic E-state index is 0.0347. The van der Waals surface area contributed by atoms with Gasteiger partial charge in [-0.15, -0.1) is 0 Å². The van der Waals surface area contributed by atoms with Gasteiger partial charge >= 0.3 is 0 Å². The van der Waals surface area contributed by atoms with Gasteiger partial charge in [-0.05, 0) is 6.42 Å². The van der Waals surface area contributed by atoms with E-state index >= 15 is 0 Å². The lowest BCUT2D eigenvalue weighted by Gasteiger charge is -2.28. The zero-order valence-corrected chi connectivity index (χ0v) is 5.32. The molecule has 4 nitrogen and oxygen atoms in total. The molecule has 0 heterocycles. The summed E-state index contributed by atoms with van der Waals surface area (Å²) in [6.07, 6.45) is 0.842. The van der Waals surface area contributed by atoms with Gasteiger partial charge in [0.05, 0.1) is 0 Å². The number of hydrogen-bond donors (Lipinski definition) is 2. The number of quaternary nitrogens is 2. The van der Waals surface area contributed by atoms with E-state index in [9.17, 15) is 5.21 Å². The van der Waals surface area contributed by atoms with Crippen LogP contribution in [0.15, 0.2) is 0 Å². The standard InChI is InChI=1S/C4H13N3O/c1-3-4-7(8)6(2)5/h5-7H,3-4H2,1-2H3. The first-order chi connectivity index (χ1) is 3.68. The van der Waals surface area contributed by atoms with Crippen LogP contribution in [0.25, 0.3) is 5.84 Å². The van der Waals surface area contributed by atoms with E-state index < -0.39 is 0 Å². The third-order valence-electron chi connectivity index (χ3n) is 0.895. The molecule has 3 N–H and O–H groups in total. The largest absolute Gasteiger partial charge is 0.584 e. The van der Waals surface area contributed by atoms with Gasteiger partial charge in [0.25, 0.3) is 0 Å². The smallest absolute Gasteiger partial charge is 0.119 e. The van der Waals surface area contributed by atoms with Gasteiger partial charge in [-0.2, -0.15) is 0 Å². The van der Waals surface area contributed by atoms with Crippen LogP contribution in [0, 0.1) is 5.21 Å². The van der Waals surface area contributed by atoms with E-state index in [0.29, 0.717) is 6.54 Å². The van der Waals surface area contributed by atoms with Crippen molar-refractivity contribution in [2.24, 2.45) is 0 Å².